The van der Waals surface area contributed by atoms with Gasteiger partial charge in [0.1, 0.15) is 5.52 Å². The quantitative estimate of drug-likeness (QED) is 0.867. The van der Waals surface area contributed by atoms with E-state index < -0.39 is 0 Å². The molecule has 7 heteroatoms. The molecule has 0 bridgehead atoms. The molecule has 4 rings (SSSR count). The maximum Gasteiger partial charge on any atom is 0.321 e. The first-order chi connectivity index (χ1) is 11.2. The Hall–Kier alpha value is -2.12. The molecule has 0 radical (unpaired) electrons. The number of nitrogens with one attached hydrogen (secondary N) is 1. The summed E-state index contributed by atoms with van der Waals surface area (Å²) in [6.07, 6.45) is 0. The van der Waals surface area contributed by atoms with Crippen LogP contribution in [-0.4, -0.2) is 66.2 Å². The van der Waals surface area contributed by atoms with Crippen molar-refractivity contribution in [2.45, 2.75) is 13.0 Å². The summed E-state index contributed by atoms with van der Waals surface area (Å²) in [5.74, 6) is 0.622. The fourth-order valence-corrected chi connectivity index (χ4v) is 3.25. The molecule has 2 saturated heterocycles. The molecule has 23 heavy (non-hydrogen) atoms. The molecule has 3 heterocycles. The van der Waals surface area contributed by atoms with Gasteiger partial charge in [0.05, 0.1) is 19.3 Å². The van der Waals surface area contributed by atoms with Crippen molar-refractivity contribution in [3.05, 3.63) is 24.1 Å². The molecule has 1 atom stereocenters. The second-order valence-electron chi connectivity index (χ2n) is 6.06. The second-order valence-corrected chi connectivity index (χ2v) is 6.06. The second kappa shape index (κ2) is 5.82. The Bertz CT molecular complexity index is 729. The van der Waals surface area contributed by atoms with Crippen molar-refractivity contribution in [2.24, 2.45) is 0 Å². The molecule has 2 aromatic rings. The summed E-state index contributed by atoms with van der Waals surface area (Å²) in [5, 5.41) is 2.95. The lowest BCUT2D eigenvalue weighted by atomic mass is 10.1. The fraction of sp³-hybridized carbons (Fsp3) is 0.500. The van der Waals surface area contributed by atoms with Gasteiger partial charge in [-0.3, -0.25) is 4.90 Å². The predicted octanol–water partition coefficient (Wildman–Crippen LogP) is 1.68. The van der Waals surface area contributed by atoms with E-state index in [1.54, 1.807) is 0 Å². The van der Waals surface area contributed by atoms with Gasteiger partial charge in [-0.1, -0.05) is 0 Å². The Balaban J connectivity index is 1.44. The first-order valence-corrected chi connectivity index (χ1v) is 7.94. The van der Waals surface area contributed by atoms with E-state index in [1.165, 1.54) is 0 Å². The van der Waals surface area contributed by atoms with E-state index in [0.29, 0.717) is 30.7 Å². The van der Waals surface area contributed by atoms with Gasteiger partial charge < -0.3 is 19.4 Å². The van der Waals surface area contributed by atoms with Crippen LogP contribution < -0.4 is 5.32 Å². The zero-order valence-corrected chi connectivity index (χ0v) is 13.1. The summed E-state index contributed by atoms with van der Waals surface area (Å²) in [6, 6.07) is 5.75. The average molecular weight is 316 g/mol. The number of urea groups is 1. The number of hydrogen-bond donors (Lipinski definition) is 1. The van der Waals surface area contributed by atoms with Crippen molar-refractivity contribution < 1.29 is 13.9 Å². The van der Waals surface area contributed by atoms with Crippen LogP contribution in [0.3, 0.4) is 0 Å². The lowest BCUT2D eigenvalue weighted by Crippen LogP contribution is -2.59. The van der Waals surface area contributed by atoms with Gasteiger partial charge >= 0.3 is 6.03 Å². The minimum atomic E-state index is -0.0780. The van der Waals surface area contributed by atoms with Crippen LogP contribution in [0.15, 0.2) is 22.6 Å². The average Bonchev–Trinajstić information content (AvgIpc) is 2.93. The Kier molecular flexibility index (Phi) is 3.66. The van der Waals surface area contributed by atoms with Gasteiger partial charge in [-0.15, -0.1) is 0 Å². The normalized spacial score (nSPS) is 22.1. The van der Waals surface area contributed by atoms with Gasteiger partial charge in [0.15, 0.2) is 11.5 Å². The molecule has 2 fully saturated rings. The number of oxazole rings is 1. The van der Waals surface area contributed by atoms with E-state index in [9.17, 15) is 4.79 Å². The molecule has 2 aliphatic heterocycles. The number of fused-ring (bicyclic) bond motifs is 2. The number of aryl methyl sites for hydroxylation is 1. The number of hydrogen-bond acceptors (Lipinski definition) is 5. The summed E-state index contributed by atoms with van der Waals surface area (Å²) in [5.41, 5.74) is 2.21. The first-order valence-electron chi connectivity index (χ1n) is 7.94. The third-order valence-corrected chi connectivity index (χ3v) is 4.47. The summed E-state index contributed by atoms with van der Waals surface area (Å²) < 4.78 is 11.0. The fourth-order valence-electron chi connectivity index (χ4n) is 3.25. The number of anilines is 1. The molecule has 2 aliphatic rings. The van der Waals surface area contributed by atoms with E-state index in [2.05, 4.69) is 15.2 Å². The Morgan fingerprint density at radius 2 is 2.26 bits per heavy atom. The van der Waals surface area contributed by atoms with E-state index in [0.717, 1.165) is 37.4 Å². The Morgan fingerprint density at radius 1 is 1.35 bits per heavy atom. The van der Waals surface area contributed by atoms with Gasteiger partial charge in [-0.2, -0.15) is 0 Å². The third kappa shape index (κ3) is 2.89. The summed E-state index contributed by atoms with van der Waals surface area (Å²) in [7, 11) is 0. The highest BCUT2D eigenvalue weighted by Crippen LogP contribution is 2.21. The van der Waals surface area contributed by atoms with Crippen LogP contribution in [0.25, 0.3) is 11.1 Å². The number of piperazine rings is 1. The highest BCUT2D eigenvalue weighted by molar-refractivity contribution is 5.91. The molecule has 0 aliphatic carbocycles. The number of ether oxygens (including phenoxy) is 1. The topological polar surface area (TPSA) is 70.8 Å². The van der Waals surface area contributed by atoms with Crippen LogP contribution in [0, 0.1) is 6.92 Å². The molecule has 0 unspecified atom stereocenters. The monoisotopic (exact) mass is 316 g/mol. The molecule has 7 nitrogen and oxygen atoms in total. The number of rotatable bonds is 1. The maximum atomic E-state index is 12.5. The zero-order chi connectivity index (χ0) is 15.8. The minimum absolute atomic E-state index is 0.0780. The SMILES string of the molecule is Cc1nc2ccc(NC(=O)N3CCN4CCOC[C@@H]4C3)cc2o1. The molecular formula is C16H20N4O3. The van der Waals surface area contributed by atoms with Crippen molar-refractivity contribution in [1.82, 2.24) is 14.8 Å². The van der Waals surface area contributed by atoms with Crippen molar-refractivity contribution in [1.29, 1.82) is 0 Å². The molecule has 0 spiro atoms. The van der Waals surface area contributed by atoms with Crippen LogP contribution >= 0.6 is 0 Å². The van der Waals surface area contributed by atoms with Crippen molar-refractivity contribution >= 4 is 22.8 Å². The highest BCUT2D eigenvalue weighted by Gasteiger charge is 2.31. The lowest BCUT2D eigenvalue weighted by Gasteiger charge is -2.43. The molecular weight excluding hydrogens is 296 g/mol. The van der Waals surface area contributed by atoms with Gasteiger partial charge in [0.2, 0.25) is 0 Å². The van der Waals surface area contributed by atoms with E-state index in [1.807, 2.05) is 30.0 Å². The molecule has 0 saturated carbocycles. The molecule has 122 valence electrons. The number of benzene rings is 1. The van der Waals surface area contributed by atoms with Crippen LogP contribution in [0.5, 0.6) is 0 Å². The first kappa shape index (κ1) is 14.5. The Morgan fingerprint density at radius 3 is 3.17 bits per heavy atom. The lowest BCUT2D eigenvalue weighted by molar-refractivity contribution is -0.0355. The molecule has 1 aromatic heterocycles. The summed E-state index contributed by atoms with van der Waals surface area (Å²) in [6.45, 7) is 6.61. The van der Waals surface area contributed by atoms with Crippen LogP contribution in [0.1, 0.15) is 5.89 Å². The summed E-state index contributed by atoms with van der Waals surface area (Å²) in [4.78, 5) is 21.0. The third-order valence-electron chi connectivity index (χ3n) is 4.47. The number of morpholine rings is 1. The van der Waals surface area contributed by atoms with E-state index >= 15 is 0 Å². The van der Waals surface area contributed by atoms with Crippen LogP contribution in [-0.2, 0) is 4.74 Å². The number of nitrogens with zero attached hydrogens (tertiary/aromatic N) is 3. The van der Waals surface area contributed by atoms with E-state index in [-0.39, 0.29) is 6.03 Å². The predicted molar refractivity (Wildman–Crippen MR) is 85.5 cm³/mol. The number of aromatic nitrogens is 1. The van der Waals surface area contributed by atoms with Crippen molar-refractivity contribution in [2.75, 3.05) is 44.7 Å². The zero-order valence-electron chi connectivity index (χ0n) is 13.1. The minimum Gasteiger partial charge on any atom is -0.441 e. The Labute approximate surface area is 134 Å². The van der Waals surface area contributed by atoms with Crippen molar-refractivity contribution in [3.8, 4) is 0 Å². The van der Waals surface area contributed by atoms with Gasteiger partial charge in [-0.25, -0.2) is 9.78 Å². The number of carbonyl (C=O) groups is 1. The molecule has 1 N–H and O–H groups in total. The molecule has 2 amide bonds. The summed E-state index contributed by atoms with van der Waals surface area (Å²) >= 11 is 0. The number of amides is 2. The van der Waals surface area contributed by atoms with E-state index in [4.69, 9.17) is 9.15 Å². The smallest absolute Gasteiger partial charge is 0.321 e. The standard InChI is InChI=1S/C16H20N4O3/c1-11-17-14-3-2-12(8-15(14)23-11)18-16(21)20-5-4-19-6-7-22-10-13(19)9-20/h2-3,8,13H,4-7,9-10H2,1H3,(H,18,21)/t13-/m0/s1. The highest BCUT2D eigenvalue weighted by atomic mass is 16.5. The van der Waals surface area contributed by atoms with Gasteiger partial charge in [0.25, 0.3) is 0 Å². The van der Waals surface area contributed by atoms with Crippen LogP contribution in [0.2, 0.25) is 0 Å². The van der Waals surface area contributed by atoms with Crippen LogP contribution in [0.4, 0.5) is 10.5 Å². The van der Waals surface area contributed by atoms with Gasteiger partial charge in [-0.05, 0) is 12.1 Å². The van der Waals surface area contributed by atoms with Crippen molar-refractivity contribution in [3.63, 3.8) is 0 Å². The number of carbonyl (C=O) groups excluding carboxylic acids is 1. The maximum absolute atomic E-state index is 12.5. The molecule has 1 aromatic carbocycles. The largest absolute Gasteiger partial charge is 0.441 e. The van der Waals surface area contributed by atoms with Gasteiger partial charge in [0, 0.05) is 44.9 Å².